The number of anilines is 1. The van der Waals surface area contributed by atoms with Crippen LogP contribution in [0.5, 0.6) is 5.75 Å². The van der Waals surface area contributed by atoms with Crippen molar-refractivity contribution < 1.29 is 18.3 Å². The zero-order chi connectivity index (χ0) is 15.4. The van der Waals surface area contributed by atoms with Gasteiger partial charge in [-0.3, -0.25) is 4.79 Å². The second-order valence-corrected chi connectivity index (χ2v) is 5.47. The predicted molar refractivity (Wildman–Crippen MR) is 76.6 cm³/mol. The zero-order valence-electron chi connectivity index (χ0n) is 11.3. The van der Waals surface area contributed by atoms with Crippen LogP contribution in [0.2, 0.25) is 5.02 Å². The fourth-order valence-corrected chi connectivity index (χ4v) is 2.72. The summed E-state index contributed by atoms with van der Waals surface area (Å²) in [4.78, 5) is 12.2. The summed E-state index contributed by atoms with van der Waals surface area (Å²) in [7, 11) is 0. The van der Waals surface area contributed by atoms with Gasteiger partial charge in [0.2, 0.25) is 5.91 Å². The van der Waals surface area contributed by atoms with E-state index >= 15 is 0 Å². The van der Waals surface area contributed by atoms with Crippen LogP contribution >= 0.6 is 11.6 Å². The van der Waals surface area contributed by atoms with Crippen LogP contribution < -0.4 is 15.8 Å². The molecule has 0 aromatic heterocycles. The molecule has 2 unspecified atom stereocenters. The maximum absolute atomic E-state index is 12.2. The SMILES string of the molecule is NC1CCCCC1C(=O)Nc1ccc(OC(F)F)c(Cl)c1. The van der Waals surface area contributed by atoms with E-state index in [2.05, 4.69) is 10.1 Å². The topological polar surface area (TPSA) is 64.4 Å². The Hall–Kier alpha value is -1.40. The summed E-state index contributed by atoms with van der Waals surface area (Å²) in [5.74, 6) is -0.519. The molecule has 0 aliphatic heterocycles. The van der Waals surface area contributed by atoms with Crippen LogP contribution in [0, 0.1) is 5.92 Å². The van der Waals surface area contributed by atoms with Crippen molar-refractivity contribution in [3.05, 3.63) is 23.2 Å². The van der Waals surface area contributed by atoms with Gasteiger partial charge in [-0.1, -0.05) is 24.4 Å². The van der Waals surface area contributed by atoms with Gasteiger partial charge in [0.05, 0.1) is 10.9 Å². The Bertz CT molecular complexity index is 514. The Morgan fingerprint density at radius 2 is 2.10 bits per heavy atom. The number of ether oxygens (including phenoxy) is 1. The predicted octanol–water partition coefficient (Wildman–Crippen LogP) is 3.40. The first-order valence-corrected chi connectivity index (χ1v) is 7.16. The molecule has 1 aliphatic carbocycles. The van der Waals surface area contributed by atoms with E-state index in [0.29, 0.717) is 5.69 Å². The Morgan fingerprint density at radius 3 is 2.71 bits per heavy atom. The lowest BCUT2D eigenvalue weighted by molar-refractivity contribution is -0.121. The maximum atomic E-state index is 12.2. The van der Waals surface area contributed by atoms with Gasteiger partial charge in [0.1, 0.15) is 5.75 Å². The lowest BCUT2D eigenvalue weighted by Crippen LogP contribution is -2.40. The molecule has 0 heterocycles. The molecule has 1 aliphatic rings. The molecule has 1 fully saturated rings. The monoisotopic (exact) mass is 318 g/mol. The smallest absolute Gasteiger partial charge is 0.387 e. The Labute approximate surface area is 126 Å². The number of hydrogen-bond donors (Lipinski definition) is 2. The van der Waals surface area contributed by atoms with E-state index in [-0.39, 0.29) is 28.6 Å². The summed E-state index contributed by atoms with van der Waals surface area (Å²) in [5.41, 5.74) is 6.39. The van der Waals surface area contributed by atoms with Crippen molar-refractivity contribution in [2.24, 2.45) is 11.7 Å². The van der Waals surface area contributed by atoms with Crippen molar-refractivity contribution in [2.45, 2.75) is 38.3 Å². The van der Waals surface area contributed by atoms with Crippen LogP contribution in [0.1, 0.15) is 25.7 Å². The average Bonchev–Trinajstić information content (AvgIpc) is 2.42. The minimum Gasteiger partial charge on any atom is -0.433 e. The largest absolute Gasteiger partial charge is 0.433 e. The van der Waals surface area contributed by atoms with Crippen LogP contribution in [0.25, 0.3) is 0 Å². The second kappa shape index (κ2) is 7.04. The number of halogens is 3. The van der Waals surface area contributed by atoms with Crippen LogP contribution in [0.3, 0.4) is 0 Å². The Kier molecular flexibility index (Phi) is 5.36. The van der Waals surface area contributed by atoms with Crippen molar-refractivity contribution >= 4 is 23.2 Å². The Morgan fingerprint density at radius 1 is 1.38 bits per heavy atom. The number of amides is 1. The van der Waals surface area contributed by atoms with Gasteiger partial charge >= 0.3 is 6.61 Å². The third-order valence-electron chi connectivity index (χ3n) is 3.57. The molecule has 4 nitrogen and oxygen atoms in total. The van der Waals surface area contributed by atoms with Crippen LogP contribution in [0.15, 0.2) is 18.2 Å². The van der Waals surface area contributed by atoms with Crippen molar-refractivity contribution in [1.82, 2.24) is 0 Å². The first-order chi connectivity index (χ1) is 9.97. The first kappa shape index (κ1) is 16.0. The van der Waals surface area contributed by atoms with Crippen LogP contribution in [-0.4, -0.2) is 18.6 Å². The number of carbonyl (C=O) groups is 1. The third-order valence-corrected chi connectivity index (χ3v) is 3.87. The highest BCUT2D eigenvalue weighted by molar-refractivity contribution is 6.32. The van der Waals surface area contributed by atoms with Crippen molar-refractivity contribution in [3.8, 4) is 5.75 Å². The molecule has 21 heavy (non-hydrogen) atoms. The van der Waals surface area contributed by atoms with E-state index in [0.717, 1.165) is 25.7 Å². The second-order valence-electron chi connectivity index (χ2n) is 5.07. The standard InChI is InChI=1S/C14H17ClF2N2O2/c15-10-7-8(5-6-12(10)21-14(16)17)19-13(20)9-3-1-2-4-11(9)18/h5-7,9,11,14H,1-4,18H2,(H,19,20). The third kappa shape index (κ3) is 4.28. The molecular weight excluding hydrogens is 302 g/mol. The van der Waals surface area contributed by atoms with Gasteiger partial charge in [-0.25, -0.2) is 0 Å². The minimum atomic E-state index is -2.94. The Balaban J connectivity index is 2.02. The highest BCUT2D eigenvalue weighted by Gasteiger charge is 2.28. The van der Waals surface area contributed by atoms with Gasteiger partial charge < -0.3 is 15.8 Å². The van der Waals surface area contributed by atoms with Gasteiger partial charge in [-0.05, 0) is 31.0 Å². The number of carbonyl (C=O) groups excluding carboxylic acids is 1. The fourth-order valence-electron chi connectivity index (χ4n) is 2.49. The van der Waals surface area contributed by atoms with Crippen molar-refractivity contribution in [3.63, 3.8) is 0 Å². The van der Waals surface area contributed by atoms with Crippen LogP contribution in [0.4, 0.5) is 14.5 Å². The normalized spacial score (nSPS) is 22.1. The van der Waals surface area contributed by atoms with E-state index < -0.39 is 6.61 Å². The summed E-state index contributed by atoms with van der Waals surface area (Å²) < 4.78 is 28.5. The highest BCUT2D eigenvalue weighted by Crippen LogP contribution is 2.30. The van der Waals surface area contributed by atoms with Gasteiger partial charge in [0.15, 0.2) is 0 Å². The summed E-state index contributed by atoms with van der Waals surface area (Å²) in [6.45, 7) is -2.94. The van der Waals surface area contributed by atoms with Gasteiger partial charge in [-0.2, -0.15) is 8.78 Å². The lowest BCUT2D eigenvalue weighted by Gasteiger charge is -2.27. The highest BCUT2D eigenvalue weighted by atomic mass is 35.5. The molecule has 1 aromatic rings. The molecule has 1 amide bonds. The van der Waals surface area contributed by atoms with Crippen molar-refractivity contribution in [1.29, 1.82) is 0 Å². The van der Waals surface area contributed by atoms with Gasteiger partial charge in [-0.15, -0.1) is 0 Å². The molecule has 0 bridgehead atoms. The molecule has 1 aromatic carbocycles. The van der Waals surface area contributed by atoms with E-state index in [9.17, 15) is 13.6 Å². The number of alkyl halides is 2. The van der Waals surface area contributed by atoms with Gasteiger partial charge in [0, 0.05) is 11.7 Å². The summed E-state index contributed by atoms with van der Waals surface area (Å²) in [6.07, 6.45) is 3.61. The maximum Gasteiger partial charge on any atom is 0.387 e. The lowest BCUT2D eigenvalue weighted by atomic mass is 9.84. The van der Waals surface area contributed by atoms with E-state index in [4.69, 9.17) is 17.3 Å². The molecule has 2 rings (SSSR count). The van der Waals surface area contributed by atoms with Gasteiger partial charge in [0.25, 0.3) is 0 Å². The number of nitrogens with two attached hydrogens (primary N) is 1. The molecule has 0 spiro atoms. The molecule has 2 atom stereocenters. The summed E-state index contributed by atoms with van der Waals surface area (Å²) >= 11 is 5.84. The molecular formula is C14H17ClF2N2O2. The van der Waals surface area contributed by atoms with Crippen molar-refractivity contribution in [2.75, 3.05) is 5.32 Å². The molecule has 3 N–H and O–H groups in total. The molecule has 116 valence electrons. The number of benzene rings is 1. The quantitative estimate of drug-likeness (QED) is 0.894. The summed E-state index contributed by atoms with van der Waals surface area (Å²) in [6, 6.07) is 4.00. The number of nitrogens with one attached hydrogen (secondary N) is 1. The van der Waals surface area contributed by atoms with E-state index in [1.807, 2.05) is 0 Å². The average molecular weight is 319 g/mol. The molecule has 1 saturated carbocycles. The number of hydrogen-bond acceptors (Lipinski definition) is 3. The zero-order valence-corrected chi connectivity index (χ0v) is 12.1. The fraction of sp³-hybridized carbons (Fsp3) is 0.500. The molecule has 7 heteroatoms. The minimum absolute atomic E-state index is 0.0149. The van der Waals surface area contributed by atoms with E-state index in [1.165, 1.54) is 18.2 Å². The van der Waals surface area contributed by atoms with E-state index in [1.54, 1.807) is 0 Å². The number of rotatable bonds is 4. The molecule has 0 saturated heterocycles. The first-order valence-electron chi connectivity index (χ1n) is 6.78. The van der Waals surface area contributed by atoms with Crippen LogP contribution in [-0.2, 0) is 4.79 Å². The molecule has 0 radical (unpaired) electrons. The summed E-state index contributed by atoms with van der Waals surface area (Å²) in [5, 5.41) is 2.73.